The molecule has 0 amide bonds. The second kappa shape index (κ2) is 8.18. The summed E-state index contributed by atoms with van der Waals surface area (Å²) in [4.78, 5) is 31.2. The Kier molecular flexibility index (Phi) is 6.30. The van der Waals surface area contributed by atoms with Crippen molar-refractivity contribution in [3.8, 4) is 11.5 Å². The fourth-order valence-electron chi connectivity index (χ4n) is 1.44. The maximum Gasteiger partial charge on any atom is 0.335 e. The maximum atomic E-state index is 10.5. The van der Waals surface area contributed by atoms with Gasteiger partial charge in [0, 0.05) is 6.92 Å². The molecule has 0 spiro atoms. The van der Waals surface area contributed by atoms with Crippen LogP contribution >= 0.6 is 0 Å². The molecule has 0 fully saturated rings. The van der Waals surface area contributed by atoms with Crippen molar-refractivity contribution < 1.29 is 34.4 Å². The van der Waals surface area contributed by atoms with Crippen molar-refractivity contribution in [2.75, 3.05) is 0 Å². The first-order valence-electron chi connectivity index (χ1n) is 6.33. The Morgan fingerprint density at radius 3 is 1.52 bits per heavy atom. The lowest BCUT2D eigenvalue weighted by molar-refractivity contribution is -0.131. The van der Waals surface area contributed by atoms with Crippen LogP contribution in [0.15, 0.2) is 48.5 Å². The number of phenols is 1. The minimum Gasteiger partial charge on any atom is -0.508 e. The lowest BCUT2D eigenvalue weighted by Crippen LogP contribution is -2.02. The van der Waals surface area contributed by atoms with Gasteiger partial charge in [-0.25, -0.2) is 9.59 Å². The van der Waals surface area contributed by atoms with E-state index < -0.39 is 17.9 Å². The Morgan fingerprint density at radius 1 is 0.783 bits per heavy atom. The third kappa shape index (κ3) is 6.30. The van der Waals surface area contributed by atoms with Gasteiger partial charge in [0.15, 0.2) is 0 Å². The molecule has 0 bridgehead atoms. The molecular weight excluding hydrogens is 304 g/mol. The largest absolute Gasteiger partial charge is 0.508 e. The molecule has 0 radical (unpaired) electrons. The Bertz CT molecular complexity index is 687. The van der Waals surface area contributed by atoms with Crippen LogP contribution in [0.4, 0.5) is 0 Å². The third-order valence-electron chi connectivity index (χ3n) is 2.48. The molecule has 7 heteroatoms. The van der Waals surface area contributed by atoms with Crippen molar-refractivity contribution in [1.29, 1.82) is 0 Å². The monoisotopic (exact) mass is 318 g/mol. The van der Waals surface area contributed by atoms with Crippen LogP contribution in [0.1, 0.15) is 27.6 Å². The van der Waals surface area contributed by atoms with Gasteiger partial charge >= 0.3 is 17.9 Å². The van der Waals surface area contributed by atoms with Gasteiger partial charge in [-0.2, -0.15) is 0 Å². The van der Waals surface area contributed by atoms with Crippen molar-refractivity contribution in [3.63, 3.8) is 0 Å². The Labute approximate surface area is 131 Å². The number of esters is 1. The van der Waals surface area contributed by atoms with Crippen LogP contribution < -0.4 is 4.74 Å². The van der Waals surface area contributed by atoms with Crippen molar-refractivity contribution in [3.05, 3.63) is 59.7 Å². The second-order valence-corrected chi connectivity index (χ2v) is 4.28. The molecule has 0 atom stereocenters. The first-order chi connectivity index (χ1) is 10.8. The smallest absolute Gasteiger partial charge is 0.335 e. The molecule has 0 saturated heterocycles. The summed E-state index contributed by atoms with van der Waals surface area (Å²) in [6, 6.07) is 11.0. The Morgan fingerprint density at radius 2 is 1.17 bits per heavy atom. The third-order valence-corrected chi connectivity index (χ3v) is 2.48. The number of aromatic hydroxyl groups is 1. The lowest BCUT2D eigenvalue weighted by atomic mass is 10.2. The van der Waals surface area contributed by atoms with Gasteiger partial charge in [-0.3, -0.25) is 4.79 Å². The summed E-state index contributed by atoms with van der Waals surface area (Å²) in [5.41, 5.74) is 0.341. The summed E-state index contributed by atoms with van der Waals surface area (Å²) in [7, 11) is 0. The van der Waals surface area contributed by atoms with Gasteiger partial charge in [0.1, 0.15) is 11.5 Å². The van der Waals surface area contributed by atoms with Crippen LogP contribution in [-0.2, 0) is 4.79 Å². The zero-order valence-corrected chi connectivity index (χ0v) is 12.1. The summed E-state index contributed by atoms with van der Waals surface area (Å²) in [6.45, 7) is 1.28. The number of ether oxygens (including phenoxy) is 1. The number of rotatable bonds is 3. The molecule has 7 nitrogen and oxygen atoms in total. The predicted molar refractivity (Wildman–Crippen MR) is 79.8 cm³/mol. The number of carbonyl (C=O) groups is 3. The van der Waals surface area contributed by atoms with Gasteiger partial charge in [-0.15, -0.1) is 0 Å². The molecule has 2 aromatic rings. The number of phenolic OH excluding ortho intramolecular Hbond substituents is 1. The number of carboxylic acid groups (broad SMARTS) is 2. The van der Waals surface area contributed by atoms with Gasteiger partial charge in [0.25, 0.3) is 0 Å². The molecule has 0 aromatic heterocycles. The molecule has 2 aromatic carbocycles. The molecule has 0 aliphatic rings. The summed E-state index contributed by atoms with van der Waals surface area (Å²) in [5, 5.41) is 25.7. The quantitative estimate of drug-likeness (QED) is 0.587. The highest BCUT2D eigenvalue weighted by molar-refractivity contribution is 5.88. The van der Waals surface area contributed by atoms with Crippen molar-refractivity contribution >= 4 is 17.9 Å². The van der Waals surface area contributed by atoms with Gasteiger partial charge in [-0.1, -0.05) is 0 Å². The zero-order valence-electron chi connectivity index (χ0n) is 12.1. The van der Waals surface area contributed by atoms with Crippen molar-refractivity contribution in [1.82, 2.24) is 0 Å². The summed E-state index contributed by atoms with van der Waals surface area (Å²) in [5.74, 6) is -2.00. The Balaban J connectivity index is 0.000000238. The molecular formula is C16H14O7. The van der Waals surface area contributed by atoms with Gasteiger partial charge in [0.05, 0.1) is 11.1 Å². The van der Waals surface area contributed by atoms with E-state index in [2.05, 4.69) is 0 Å². The second-order valence-electron chi connectivity index (χ2n) is 4.28. The number of carboxylic acids is 2. The molecule has 2 rings (SSSR count). The van der Waals surface area contributed by atoms with Crippen LogP contribution in [0.5, 0.6) is 11.5 Å². The van der Waals surface area contributed by atoms with Crippen LogP contribution in [0.25, 0.3) is 0 Å². The van der Waals surface area contributed by atoms with E-state index in [4.69, 9.17) is 20.1 Å². The van der Waals surface area contributed by atoms with E-state index in [1.165, 1.54) is 55.5 Å². The van der Waals surface area contributed by atoms with Crippen LogP contribution in [-0.4, -0.2) is 33.2 Å². The van der Waals surface area contributed by atoms with Crippen molar-refractivity contribution in [2.24, 2.45) is 0 Å². The predicted octanol–water partition coefficient (Wildman–Crippen LogP) is 2.40. The minimum atomic E-state index is -1.01. The summed E-state index contributed by atoms with van der Waals surface area (Å²) in [6.07, 6.45) is 0. The number of carbonyl (C=O) groups excluding carboxylic acids is 1. The van der Waals surface area contributed by atoms with Gasteiger partial charge in [0.2, 0.25) is 0 Å². The average Bonchev–Trinajstić information content (AvgIpc) is 2.48. The molecule has 0 saturated carbocycles. The number of aromatic carboxylic acids is 2. The minimum absolute atomic E-state index is 0.0741. The van der Waals surface area contributed by atoms with E-state index in [0.717, 1.165) is 0 Å². The number of hydrogen-bond acceptors (Lipinski definition) is 5. The molecule has 0 aliphatic carbocycles. The first-order valence-corrected chi connectivity index (χ1v) is 6.33. The molecule has 120 valence electrons. The van der Waals surface area contributed by atoms with E-state index in [1.54, 1.807) is 0 Å². The number of benzene rings is 2. The van der Waals surface area contributed by atoms with Crippen LogP contribution in [0, 0.1) is 0 Å². The highest BCUT2D eigenvalue weighted by atomic mass is 16.5. The molecule has 0 aliphatic heterocycles. The standard InChI is InChI=1S/C9H8O4.C7H6O3/c1-6(10)13-8-4-2-7(3-5-8)9(11)12;8-6-3-1-5(2-4-6)7(9)10/h2-5H,1H3,(H,11,12);1-4,8H,(H,9,10). The van der Waals surface area contributed by atoms with E-state index in [0.29, 0.717) is 5.75 Å². The SMILES string of the molecule is CC(=O)Oc1ccc(C(=O)O)cc1.O=C(O)c1ccc(O)cc1. The maximum absolute atomic E-state index is 10.5. The van der Waals surface area contributed by atoms with E-state index >= 15 is 0 Å². The average molecular weight is 318 g/mol. The summed E-state index contributed by atoms with van der Waals surface area (Å²) < 4.78 is 4.72. The molecule has 3 N–H and O–H groups in total. The summed E-state index contributed by atoms with van der Waals surface area (Å²) >= 11 is 0. The fourth-order valence-corrected chi connectivity index (χ4v) is 1.44. The molecule has 0 unspecified atom stereocenters. The zero-order chi connectivity index (χ0) is 17.4. The molecule has 0 heterocycles. The van der Waals surface area contributed by atoms with Gasteiger partial charge in [-0.05, 0) is 48.5 Å². The van der Waals surface area contributed by atoms with Crippen molar-refractivity contribution in [2.45, 2.75) is 6.92 Å². The van der Waals surface area contributed by atoms with E-state index in [9.17, 15) is 14.4 Å². The van der Waals surface area contributed by atoms with E-state index in [-0.39, 0.29) is 16.9 Å². The number of hydrogen-bond donors (Lipinski definition) is 3. The normalized spacial score (nSPS) is 9.26. The highest BCUT2D eigenvalue weighted by Gasteiger charge is 2.03. The topological polar surface area (TPSA) is 121 Å². The Hall–Kier alpha value is -3.35. The highest BCUT2D eigenvalue weighted by Crippen LogP contribution is 2.12. The lowest BCUT2D eigenvalue weighted by Gasteiger charge is -2.00. The molecule has 23 heavy (non-hydrogen) atoms. The van der Waals surface area contributed by atoms with E-state index in [1.807, 2.05) is 0 Å². The first kappa shape index (κ1) is 17.7. The van der Waals surface area contributed by atoms with Gasteiger partial charge < -0.3 is 20.1 Å². The van der Waals surface area contributed by atoms with Crippen LogP contribution in [0.2, 0.25) is 0 Å². The fraction of sp³-hybridized carbons (Fsp3) is 0.0625. The van der Waals surface area contributed by atoms with Crippen LogP contribution in [0.3, 0.4) is 0 Å².